The quantitative estimate of drug-likeness (QED) is 0.605. The highest BCUT2D eigenvalue weighted by Crippen LogP contribution is 2.32. The normalized spacial score (nSPS) is 12.3. The highest BCUT2D eigenvalue weighted by molar-refractivity contribution is 5.77. The number of nitrogen functional groups attached to an aromatic ring is 1. The number of fused-ring (bicyclic) bond motifs is 1. The van der Waals surface area contributed by atoms with Crippen molar-refractivity contribution in [3.05, 3.63) is 83.4 Å². The van der Waals surface area contributed by atoms with Crippen molar-refractivity contribution in [2.24, 2.45) is 0 Å². The molecule has 0 aliphatic carbocycles. The van der Waals surface area contributed by atoms with Gasteiger partial charge in [-0.25, -0.2) is 10.1 Å². The SMILES string of the molecule is Nc1cc(C(Cc2ccccc2)c2ccccc2)c2nn[nH]c2n1. The average Bonchev–Trinajstić information content (AvgIpc) is 3.09. The molecule has 2 aromatic heterocycles. The van der Waals surface area contributed by atoms with Crippen molar-refractivity contribution < 1.29 is 0 Å². The van der Waals surface area contributed by atoms with Crippen LogP contribution in [0.5, 0.6) is 0 Å². The molecular weight excluding hydrogens is 298 g/mol. The number of rotatable bonds is 4. The molecular formula is C19H17N5. The third-order valence-corrected chi connectivity index (χ3v) is 4.21. The third-order valence-electron chi connectivity index (χ3n) is 4.21. The van der Waals surface area contributed by atoms with E-state index in [1.165, 1.54) is 11.1 Å². The first kappa shape index (κ1) is 14.4. The Bertz CT molecular complexity index is 947. The lowest BCUT2D eigenvalue weighted by atomic mass is 9.86. The standard InChI is InChI=1S/C19H17N5/c20-17-12-16(18-19(21-17)23-24-22-18)15(14-9-5-2-6-10-14)11-13-7-3-1-4-8-13/h1-10,12,15H,11H2,(H3,20,21,22,23,24). The highest BCUT2D eigenvalue weighted by Gasteiger charge is 2.20. The molecule has 0 aliphatic heterocycles. The van der Waals surface area contributed by atoms with Gasteiger partial charge in [-0.2, -0.15) is 0 Å². The molecule has 0 bridgehead atoms. The second-order valence-corrected chi connectivity index (χ2v) is 5.80. The molecule has 2 heterocycles. The summed E-state index contributed by atoms with van der Waals surface area (Å²) >= 11 is 0. The first-order valence-electron chi connectivity index (χ1n) is 7.87. The minimum atomic E-state index is 0.131. The van der Waals surface area contributed by atoms with Crippen molar-refractivity contribution in [1.82, 2.24) is 20.4 Å². The van der Waals surface area contributed by atoms with Crippen LogP contribution in [0.15, 0.2) is 66.7 Å². The first-order valence-corrected chi connectivity index (χ1v) is 7.87. The number of aromatic nitrogens is 4. The summed E-state index contributed by atoms with van der Waals surface area (Å²) in [7, 11) is 0. The Morgan fingerprint density at radius 2 is 1.67 bits per heavy atom. The molecule has 0 amide bonds. The van der Waals surface area contributed by atoms with Gasteiger partial charge in [0, 0.05) is 5.92 Å². The molecule has 0 spiro atoms. The number of benzene rings is 2. The van der Waals surface area contributed by atoms with Crippen LogP contribution in [0.3, 0.4) is 0 Å². The second kappa shape index (κ2) is 6.12. The Morgan fingerprint density at radius 1 is 0.958 bits per heavy atom. The van der Waals surface area contributed by atoms with Crippen molar-refractivity contribution in [2.75, 3.05) is 5.73 Å². The summed E-state index contributed by atoms with van der Waals surface area (Å²) in [5.74, 6) is 0.601. The maximum atomic E-state index is 6.01. The van der Waals surface area contributed by atoms with E-state index in [1.54, 1.807) is 0 Å². The van der Waals surface area contributed by atoms with E-state index >= 15 is 0 Å². The fraction of sp³-hybridized carbons (Fsp3) is 0.105. The number of H-pyrrole nitrogens is 1. The highest BCUT2D eigenvalue weighted by atomic mass is 15.3. The molecule has 0 radical (unpaired) electrons. The predicted molar refractivity (Wildman–Crippen MR) is 94.5 cm³/mol. The van der Waals surface area contributed by atoms with Crippen molar-refractivity contribution in [1.29, 1.82) is 0 Å². The second-order valence-electron chi connectivity index (χ2n) is 5.80. The number of hydrogen-bond donors (Lipinski definition) is 2. The molecule has 118 valence electrons. The van der Waals surface area contributed by atoms with Crippen LogP contribution in [-0.4, -0.2) is 20.4 Å². The summed E-state index contributed by atoms with van der Waals surface area (Å²) in [6, 6.07) is 22.7. The van der Waals surface area contributed by atoms with Crippen LogP contribution >= 0.6 is 0 Å². The Labute approximate surface area is 139 Å². The summed E-state index contributed by atoms with van der Waals surface area (Å²) in [4.78, 5) is 4.28. The van der Waals surface area contributed by atoms with Crippen molar-refractivity contribution in [3.63, 3.8) is 0 Å². The first-order chi connectivity index (χ1) is 11.8. The molecule has 4 aromatic rings. The van der Waals surface area contributed by atoms with E-state index in [9.17, 15) is 0 Å². The topological polar surface area (TPSA) is 80.5 Å². The van der Waals surface area contributed by atoms with Crippen LogP contribution in [0.25, 0.3) is 11.2 Å². The predicted octanol–water partition coefficient (Wildman–Crippen LogP) is 3.31. The minimum Gasteiger partial charge on any atom is -0.384 e. The van der Waals surface area contributed by atoms with Crippen LogP contribution < -0.4 is 5.73 Å². The third kappa shape index (κ3) is 2.72. The number of anilines is 1. The van der Waals surface area contributed by atoms with E-state index in [-0.39, 0.29) is 5.92 Å². The van der Waals surface area contributed by atoms with E-state index in [4.69, 9.17) is 5.73 Å². The summed E-state index contributed by atoms with van der Waals surface area (Å²) in [5, 5.41) is 10.9. The Morgan fingerprint density at radius 3 is 2.42 bits per heavy atom. The molecule has 0 saturated carbocycles. The largest absolute Gasteiger partial charge is 0.384 e. The van der Waals surface area contributed by atoms with Gasteiger partial charge in [0.15, 0.2) is 5.65 Å². The maximum absolute atomic E-state index is 6.01. The molecule has 1 atom stereocenters. The van der Waals surface area contributed by atoms with Gasteiger partial charge < -0.3 is 5.73 Å². The molecule has 3 N–H and O–H groups in total. The summed E-state index contributed by atoms with van der Waals surface area (Å²) < 4.78 is 0. The fourth-order valence-electron chi connectivity index (χ4n) is 3.09. The van der Waals surface area contributed by atoms with Crippen LogP contribution in [0.4, 0.5) is 5.82 Å². The number of pyridine rings is 1. The molecule has 0 fully saturated rings. The number of nitrogens with one attached hydrogen (secondary N) is 1. The van der Waals surface area contributed by atoms with Gasteiger partial charge in [-0.3, -0.25) is 0 Å². The lowest BCUT2D eigenvalue weighted by Crippen LogP contribution is -2.07. The lowest BCUT2D eigenvalue weighted by Gasteiger charge is -2.19. The van der Waals surface area contributed by atoms with Crippen molar-refractivity contribution >= 4 is 17.0 Å². The van der Waals surface area contributed by atoms with Gasteiger partial charge in [-0.1, -0.05) is 65.9 Å². The molecule has 5 nitrogen and oxygen atoms in total. The van der Waals surface area contributed by atoms with E-state index in [0.717, 1.165) is 17.5 Å². The van der Waals surface area contributed by atoms with Gasteiger partial charge in [-0.05, 0) is 29.2 Å². The lowest BCUT2D eigenvalue weighted by molar-refractivity contribution is 0.808. The molecule has 4 rings (SSSR count). The van der Waals surface area contributed by atoms with Crippen LogP contribution in [0.2, 0.25) is 0 Å². The van der Waals surface area contributed by atoms with E-state index in [0.29, 0.717) is 11.5 Å². The van der Waals surface area contributed by atoms with Gasteiger partial charge in [0.1, 0.15) is 11.3 Å². The van der Waals surface area contributed by atoms with E-state index in [2.05, 4.69) is 68.9 Å². The van der Waals surface area contributed by atoms with Gasteiger partial charge in [0.2, 0.25) is 0 Å². The maximum Gasteiger partial charge on any atom is 0.178 e. The van der Waals surface area contributed by atoms with Gasteiger partial charge in [0.05, 0.1) is 0 Å². The number of hydrogen-bond acceptors (Lipinski definition) is 4. The van der Waals surface area contributed by atoms with E-state index < -0.39 is 0 Å². The molecule has 2 aromatic carbocycles. The minimum absolute atomic E-state index is 0.131. The Hall–Kier alpha value is -3.21. The summed E-state index contributed by atoms with van der Waals surface area (Å²) in [6.45, 7) is 0. The van der Waals surface area contributed by atoms with Crippen LogP contribution in [0.1, 0.15) is 22.6 Å². The zero-order chi connectivity index (χ0) is 16.4. The zero-order valence-corrected chi connectivity index (χ0v) is 13.1. The summed E-state index contributed by atoms with van der Waals surface area (Å²) in [6.07, 6.45) is 0.857. The van der Waals surface area contributed by atoms with Gasteiger partial charge >= 0.3 is 0 Å². The zero-order valence-electron chi connectivity index (χ0n) is 13.1. The molecule has 1 unspecified atom stereocenters. The van der Waals surface area contributed by atoms with Crippen LogP contribution in [0, 0.1) is 0 Å². The van der Waals surface area contributed by atoms with Crippen LogP contribution in [-0.2, 0) is 6.42 Å². The van der Waals surface area contributed by atoms with Gasteiger partial charge in [0.25, 0.3) is 0 Å². The number of nitrogens with two attached hydrogens (primary N) is 1. The Kier molecular flexibility index (Phi) is 3.67. The van der Waals surface area contributed by atoms with E-state index in [1.807, 2.05) is 18.2 Å². The van der Waals surface area contributed by atoms with Gasteiger partial charge in [-0.15, -0.1) is 5.10 Å². The van der Waals surface area contributed by atoms with Crippen molar-refractivity contribution in [2.45, 2.75) is 12.3 Å². The Balaban J connectivity index is 1.87. The average molecular weight is 315 g/mol. The monoisotopic (exact) mass is 315 g/mol. The molecule has 0 saturated heterocycles. The summed E-state index contributed by atoms with van der Waals surface area (Å²) in [5.41, 5.74) is 10.9. The number of nitrogens with zero attached hydrogens (tertiary/aromatic N) is 3. The smallest absolute Gasteiger partial charge is 0.178 e. The molecule has 0 aliphatic rings. The molecule has 24 heavy (non-hydrogen) atoms. The number of aromatic amines is 1. The fourth-order valence-corrected chi connectivity index (χ4v) is 3.09. The van der Waals surface area contributed by atoms with Crippen molar-refractivity contribution in [3.8, 4) is 0 Å². The molecule has 5 heteroatoms.